The standard InChI is InChI=1S/C15H9F2N3O3S/c16-10-3-6-13(12(17)7-10)24-8-14-18-19-15(23-14)9-1-4-11(5-2-9)20(21)22/h1-7H,8H2. The normalized spacial score (nSPS) is 10.8. The van der Waals surface area contributed by atoms with E-state index in [0.717, 1.165) is 17.8 Å². The Morgan fingerprint density at radius 2 is 1.88 bits per heavy atom. The fourth-order valence-corrected chi connectivity index (χ4v) is 2.64. The van der Waals surface area contributed by atoms with Gasteiger partial charge >= 0.3 is 0 Å². The number of thioether (sulfide) groups is 1. The Morgan fingerprint density at radius 1 is 1.12 bits per heavy atom. The van der Waals surface area contributed by atoms with E-state index >= 15 is 0 Å². The SMILES string of the molecule is O=[N+]([O-])c1ccc(-c2nnc(CSc3ccc(F)cc3F)o2)cc1. The minimum absolute atomic E-state index is 0.0409. The third kappa shape index (κ3) is 3.57. The first-order chi connectivity index (χ1) is 11.5. The Kier molecular flexibility index (Phi) is 4.52. The van der Waals surface area contributed by atoms with Gasteiger partial charge in [-0.3, -0.25) is 10.1 Å². The highest BCUT2D eigenvalue weighted by Crippen LogP contribution is 2.27. The smallest absolute Gasteiger partial charge is 0.269 e. The quantitative estimate of drug-likeness (QED) is 0.390. The summed E-state index contributed by atoms with van der Waals surface area (Å²) in [5.41, 5.74) is 0.498. The van der Waals surface area contributed by atoms with Crippen LogP contribution in [0.25, 0.3) is 11.5 Å². The van der Waals surface area contributed by atoms with Gasteiger partial charge in [-0.25, -0.2) is 8.78 Å². The minimum Gasteiger partial charge on any atom is -0.420 e. The number of rotatable bonds is 5. The minimum atomic E-state index is -0.657. The zero-order chi connectivity index (χ0) is 17.1. The third-order valence-corrected chi connectivity index (χ3v) is 4.07. The van der Waals surface area contributed by atoms with E-state index in [0.29, 0.717) is 5.56 Å². The predicted molar refractivity (Wildman–Crippen MR) is 82.3 cm³/mol. The molecule has 0 radical (unpaired) electrons. The van der Waals surface area contributed by atoms with Crippen molar-refractivity contribution in [2.75, 3.05) is 0 Å². The second kappa shape index (κ2) is 6.75. The number of halogens is 2. The van der Waals surface area contributed by atoms with Crippen LogP contribution in [0.3, 0.4) is 0 Å². The summed E-state index contributed by atoms with van der Waals surface area (Å²) in [5.74, 6) is -0.620. The molecular formula is C15H9F2N3O3S. The van der Waals surface area contributed by atoms with E-state index in [1.54, 1.807) is 0 Å². The fourth-order valence-electron chi connectivity index (χ4n) is 1.89. The molecule has 0 N–H and O–H groups in total. The zero-order valence-electron chi connectivity index (χ0n) is 12.0. The Bertz CT molecular complexity index is 884. The van der Waals surface area contributed by atoms with Crippen LogP contribution in [0.4, 0.5) is 14.5 Å². The summed E-state index contributed by atoms with van der Waals surface area (Å²) in [4.78, 5) is 10.4. The molecule has 0 saturated carbocycles. The number of hydrogen-bond donors (Lipinski definition) is 0. The Balaban J connectivity index is 1.70. The first kappa shape index (κ1) is 16.1. The van der Waals surface area contributed by atoms with E-state index in [1.165, 1.54) is 36.4 Å². The maximum atomic E-state index is 13.5. The van der Waals surface area contributed by atoms with Gasteiger partial charge in [-0.2, -0.15) is 0 Å². The molecule has 122 valence electrons. The van der Waals surface area contributed by atoms with Gasteiger partial charge in [-0.05, 0) is 24.3 Å². The molecule has 0 aliphatic heterocycles. The van der Waals surface area contributed by atoms with E-state index in [2.05, 4.69) is 10.2 Å². The molecule has 0 unspecified atom stereocenters. The monoisotopic (exact) mass is 349 g/mol. The second-order valence-corrected chi connectivity index (χ2v) is 5.69. The number of non-ortho nitro benzene ring substituents is 1. The van der Waals surface area contributed by atoms with Crippen molar-refractivity contribution >= 4 is 17.4 Å². The molecule has 0 bridgehead atoms. The van der Waals surface area contributed by atoms with Gasteiger partial charge in [0.2, 0.25) is 11.8 Å². The maximum Gasteiger partial charge on any atom is 0.269 e. The van der Waals surface area contributed by atoms with Crippen molar-refractivity contribution in [1.29, 1.82) is 0 Å². The molecule has 0 fully saturated rings. The van der Waals surface area contributed by atoms with Crippen LogP contribution in [0.15, 0.2) is 51.8 Å². The molecule has 0 aliphatic rings. The molecule has 3 rings (SSSR count). The van der Waals surface area contributed by atoms with Gasteiger partial charge in [0.25, 0.3) is 5.69 Å². The summed E-state index contributed by atoms with van der Waals surface area (Å²) >= 11 is 1.10. The van der Waals surface area contributed by atoms with Crippen molar-refractivity contribution in [3.05, 3.63) is 70.1 Å². The first-order valence-corrected chi connectivity index (χ1v) is 7.66. The lowest BCUT2D eigenvalue weighted by Crippen LogP contribution is -1.87. The van der Waals surface area contributed by atoms with Gasteiger partial charge in [0.05, 0.1) is 10.7 Å². The highest BCUT2D eigenvalue weighted by molar-refractivity contribution is 7.98. The topological polar surface area (TPSA) is 82.1 Å². The average Bonchev–Trinajstić information content (AvgIpc) is 3.03. The summed E-state index contributed by atoms with van der Waals surface area (Å²) in [6.45, 7) is 0. The number of hydrogen-bond acceptors (Lipinski definition) is 6. The summed E-state index contributed by atoms with van der Waals surface area (Å²) in [5, 5.41) is 18.3. The number of nitro benzene ring substituents is 1. The number of benzene rings is 2. The van der Waals surface area contributed by atoms with Crippen molar-refractivity contribution in [2.45, 2.75) is 10.6 Å². The number of aromatic nitrogens is 2. The molecular weight excluding hydrogens is 340 g/mol. The van der Waals surface area contributed by atoms with Crippen LogP contribution in [0.1, 0.15) is 5.89 Å². The lowest BCUT2D eigenvalue weighted by atomic mass is 10.2. The highest BCUT2D eigenvalue weighted by Gasteiger charge is 2.12. The highest BCUT2D eigenvalue weighted by atomic mass is 32.2. The Hall–Kier alpha value is -2.81. The largest absolute Gasteiger partial charge is 0.420 e. The summed E-state index contributed by atoms with van der Waals surface area (Å²) in [6, 6.07) is 8.98. The van der Waals surface area contributed by atoms with Crippen LogP contribution in [0, 0.1) is 21.7 Å². The van der Waals surface area contributed by atoms with Crippen LogP contribution in [0.5, 0.6) is 0 Å². The molecule has 0 amide bonds. The molecule has 2 aromatic carbocycles. The fraction of sp³-hybridized carbons (Fsp3) is 0.0667. The Labute approximate surface area is 138 Å². The van der Waals surface area contributed by atoms with E-state index in [9.17, 15) is 18.9 Å². The Morgan fingerprint density at radius 3 is 2.54 bits per heavy atom. The van der Waals surface area contributed by atoms with Gasteiger partial charge in [-0.15, -0.1) is 22.0 Å². The molecule has 1 aromatic heterocycles. The van der Waals surface area contributed by atoms with Gasteiger partial charge in [0.1, 0.15) is 11.6 Å². The lowest BCUT2D eigenvalue weighted by Gasteiger charge is -2.00. The molecule has 9 heteroatoms. The van der Waals surface area contributed by atoms with Crippen molar-refractivity contribution < 1.29 is 18.1 Å². The molecule has 6 nitrogen and oxygen atoms in total. The zero-order valence-corrected chi connectivity index (χ0v) is 12.8. The number of nitro groups is 1. The third-order valence-electron chi connectivity index (χ3n) is 3.04. The predicted octanol–water partition coefficient (Wildman–Crippen LogP) is 4.22. The van der Waals surface area contributed by atoms with Crippen LogP contribution in [-0.2, 0) is 5.75 Å². The second-order valence-electron chi connectivity index (χ2n) is 4.67. The molecule has 0 spiro atoms. The molecule has 3 aromatic rings. The van der Waals surface area contributed by atoms with Crippen LogP contribution in [0.2, 0.25) is 0 Å². The van der Waals surface area contributed by atoms with Gasteiger partial charge < -0.3 is 4.42 Å². The van der Waals surface area contributed by atoms with E-state index < -0.39 is 16.6 Å². The van der Waals surface area contributed by atoms with Crippen molar-refractivity contribution in [1.82, 2.24) is 10.2 Å². The molecule has 0 saturated heterocycles. The molecule has 0 atom stereocenters. The summed E-state index contributed by atoms with van der Waals surface area (Å²) in [7, 11) is 0. The maximum absolute atomic E-state index is 13.5. The average molecular weight is 349 g/mol. The summed E-state index contributed by atoms with van der Waals surface area (Å²) in [6.07, 6.45) is 0. The lowest BCUT2D eigenvalue weighted by molar-refractivity contribution is -0.384. The first-order valence-electron chi connectivity index (χ1n) is 6.68. The molecule has 1 heterocycles. The van der Waals surface area contributed by atoms with E-state index in [1.807, 2.05) is 0 Å². The van der Waals surface area contributed by atoms with Crippen molar-refractivity contribution in [2.24, 2.45) is 0 Å². The van der Waals surface area contributed by atoms with Crippen molar-refractivity contribution in [3.63, 3.8) is 0 Å². The van der Waals surface area contributed by atoms with Crippen molar-refractivity contribution in [3.8, 4) is 11.5 Å². The summed E-state index contributed by atoms with van der Waals surface area (Å²) < 4.78 is 31.8. The van der Waals surface area contributed by atoms with Crippen LogP contribution >= 0.6 is 11.8 Å². The van der Waals surface area contributed by atoms with E-state index in [4.69, 9.17) is 4.42 Å². The van der Waals surface area contributed by atoms with Gasteiger partial charge in [0, 0.05) is 28.7 Å². The molecule has 0 aliphatic carbocycles. The van der Waals surface area contributed by atoms with Crippen LogP contribution in [-0.4, -0.2) is 15.1 Å². The van der Waals surface area contributed by atoms with E-state index in [-0.39, 0.29) is 28.1 Å². The number of nitrogens with zero attached hydrogens (tertiary/aromatic N) is 3. The van der Waals surface area contributed by atoms with Gasteiger partial charge in [0.15, 0.2) is 0 Å². The van der Waals surface area contributed by atoms with Gasteiger partial charge in [-0.1, -0.05) is 0 Å². The molecule has 24 heavy (non-hydrogen) atoms. The van der Waals surface area contributed by atoms with Crippen LogP contribution < -0.4 is 0 Å².